The molecule has 0 aliphatic rings. The maximum atomic E-state index is 12.5. The SMILES string of the molecule is CCc1cccc(-n2ccn3c(CC)nnc3c2=O)c1. The molecule has 0 aliphatic carbocycles. The van der Waals surface area contributed by atoms with E-state index < -0.39 is 0 Å². The van der Waals surface area contributed by atoms with Crippen LogP contribution in [-0.2, 0) is 12.8 Å². The van der Waals surface area contributed by atoms with Gasteiger partial charge in [0.05, 0.1) is 0 Å². The lowest BCUT2D eigenvalue weighted by Gasteiger charge is -2.07. The number of hydrogen-bond donors (Lipinski definition) is 0. The lowest BCUT2D eigenvalue weighted by molar-refractivity contribution is 0.889. The Morgan fingerprint density at radius 3 is 2.70 bits per heavy atom. The van der Waals surface area contributed by atoms with Crippen LogP contribution in [0.2, 0.25) is 0 Å². The molecule has 1 aromatic carbocycles. The fourth-order valence-corrected chi connectivity index (χ4v) is 2.31. The summed E-state index contributed by atoms with van der Waals surface area (Å²) in [7, 11) is 0. The average Bonchev–Trinajstić information content (AvgIpc) is 2.91. The van der Waals surface area contributed by atoms with Gasteiger partial charge < -0.3 is 0 Å². The predicted molar refractivity (Wildman–Crippen MR) is 77.3 cm³/mol. The number of aryl methyl sites for hydroxylation is 2. The van der Waals surface area contributed by atoms with Crippen LogP contribution in [0, 0.1) is 0 Å². The Bertz CT molecular complexity index is 816. The van der Waals surface area contributed by atoms with Gasteiger partial charge >= 0.3 is 5.56 Å². The van der Waals surface area contributed by atoms with Gasteiger partial charge in [-0.05, 0) is 24.1 Å². The van der Waals surface area contributed by atoms with Crippen LogP contribution in [0.5, 0.6) is 0 Å². The highest BCUT2D eigenvalue weighted by atomic mass is 16.1. The van der Waals surface area contributed by atoms with E-state index in [4.69, 9.17) is 0 Å². The van der Waals surface area contributed by atoms with E-state index in [-0.39, 0.29) is 5.56 Å². The molecule has 20 heavy (non-hydrogen) atoms. The monoisotopic (exact) mass is 268 g/mol. The molecule has 0 amide bonds. The first-order chi connectivity index (χ1) is 9.74. The van der Waals surface area contributed by atoms with Crippen molar-refractivity contribution in [3.63, 3.8) is 0 Å². The fourth-order valence-electron chi connectivity index (χ4n) is 2.31. The Morgan fingerprint density at radius 1 is 1.10 bits per heavy atom. The smallest absolute Gasteiger partial charge is 0.280 e. The van der Waals surface area contributed by atoms with Gasteiger partial charge in [-0.1, -0.05) is 26.0 Å². The van der Waals surface area contributed by atoms with E-state index in [1.807, 2.05) is 31.3 Å². The molecule has 2 aromatic heterocycles. The van der Waals surface area contributed by atoms with Crippen molar-refractivity contribution in [1.82, 2.24) is 19.2 Å². The third kappa shape index (κ3) is 1.91. The van der Waals surface area contributed by atoms with Crippen LogP contribution in [0.1, 0.15) is 25.2 Å². The molecule has 5 heteroatoms. The van der Waals surface area contributed by atoms with Gasteiger partial charge in [0.15, 0.2) is 0 Å². The highest BCUT2D eigenvalue weighted by Gasteiger charge is 2.10. The molecule has 5 nitrogen and oxygen atoms in total. The normalized spacial score (nSPS) is 11.1. The molecule has 0 saturated heterocycles. The largest absolute Gasteiger partial charge is 0.300 e. The standard InChI is InChI=1S/C15H16N4O/c1-3-11-6-5-7-12(10-11)18-8-9-19-13(4-2)16-17-14(19)15(18)20/h5-10H,3-4H2,1-2H3. The summed E-state index contributed by atoms with van der Waals surface area (Å²) in [6.07, 6.45) is 5.30. The van der Waals surface area contributed by atoms with Crippen LogP contribution in [0.4, 0.5) is 0 Å². The molecule has 0 fully saturated rings. The first kappa shape index (κ1) is 12.6. The fraction of sp³-hybridized carbons (Fsp3) is 0.267. The molecule has 2 heterocycles. The molecule has 3 aromatic rings. The van der Waals surface area contributed by atoms with Crippen molar-refractivity contribution in [3.05, 3.63) is 58.4 Å². The summed E-state index contributed by atoms with van der Waals surface area (Å²) in [6.45, 7) is 4.09. The topological polar surface area (TPSA) is 52.2 Å². The van der Waals surface area contributed by atoms with Crippen LogP contribution in [0.15, 0.2) is 41.5 Å². The number of nitrogens with zero attached hydrogens (tertiary/aromatic N) is 4. The number of fused-ring (bicyclic) bond motifs is 1. The highest BCUT2D eigenvalue weighted by Crippen LogP contribution is 2.10. The van der Waals surface area contributed by atoms with E-state index in [2.05, 4.69) is 23.2 Å². The lowest BCUT2D eigenvalue weighted by Crippen LogP contribution is -2.20. The van der Waals surface area contributed by atoms with Crippen molar-refractivity contribution < 1.29 is 0 Å². The molecular formula is C15H16N4O. The van der Waals surface area contributed by atoms with Gasteiger partial charge in [0.2, 0.25) is 5.65 Å². The van der Waals surface area contributed by atoms with Gasteiger partial charge in [0, 0.05) is 24.5 Å². The van der Waals surface area contributed by atoms with E-state index >= 15 is 0 Å². The molecule has 0 radical (unpaired) electrons. The number of benzene rings is 1. The van der Waals surface area contributed by atoms with Gasteiger partial charge in [-0.25, -0.2) is 0 Å². The second-order valence-corrected chi connectivity index (χ2v) is 4.66. The highest BCUT2D eigenvalue weighted by molar-refractivity contribution is 5.42. The van der Waals surface area contributed by atoms with E-state index in [9.17, 15) is 4.79 Å². The number of hydrogen-bond acceptors (Lipinski definition) is 3. The Balaban J connectivity index is 2.22. The Labute approximate surface area is 116 Å². The van der Waals surface area contributed by atoms with Gasteiger partial charge in [-0.15, -0.1) is 10.2 Å². The van der Waals surface area contributed by atoms with Crippen LogP contribution in [0.3, 0.4) is 0 Å². The minimum atomic E-state index is -0.145. The zero-order valence-corrected chi connectivity index (χ0v) is 11.6. The first-order valence-corrected chi connectivity index (χ1v) is 6.79. The summed E-state index contributed by atoms with van der Waals surface area (Å²) in [5, 5.41) is 8.04. The summed E-state index contributed by atoms with van der Waals surface area (Å²) >= 11 is 0. The van der Waals surface area contributed by atoms with Gasteiger partial charge in [-0.2, -0.15) is 0 Å². The Hall–Kier alpha value is -2.43. The molecule has 0 atom stereocenters. The second kappa shape index (κ2) is 4.92. The van der Waals surface area contributed by atoms with E-state index in [0.29, 0.717) is 5.65 Å². The maximum absolute atomic E-state index is 12.5. The molecular weight excluding hydrogens is 252 g/mol. The molecule has 0 spiro atoms. The molecule has 3 rings (SSSR count). The molecule has 0 bridgehead atoms. The molecule has 0 N–H and O–H groups in total. The average molecular weight is 268 g/mol. The van der Waals surface area contributed by atoms with Gasteiger partial charge in [0.1, 0.15) is 5.82 Å². The summed E-state index contributed by atoms with van der Waals surface area (Å²) in [6, 6.07) is 7.97. The van der Waals surface area contributed by atoms with Gasteiger partial charge in [-0.3, -0.25) is 13.8 Å². The summed E-state index contributed by atoms with van der Waals surface area (Å²) in [4.78, 5) is 12.5. The van der Waals surface area contributed by atoms with Crippen molar-refractivity contribution in [3.8, 4) is 5.69 Å². The second-order valence-electron chi connectivity index (χ2n) is 4.66. The third-order valence-corrected chi connectivity index (χ3v) is 3.45. The van der Waals surface area contributed by atoms with Crippen LogP contribution in [0.25, 0.3) is 11.3 Å². The lowest BCUT2D eigenvalue weighted by atomic mass is 10.1. The Morgan fingerprint density at radius 2 is 1.95 bits per heavy atom. The first-order valence-electron chi connectivity index (χ1n) is 6.79. The zero-order chi connectivity index (χ0) is 14.1. The third-order valence-electron chi connectivity index (χ3n) is 3.45. The van der Waals surface area contributed by atoms with Crippen molar-refractivity contribution in [2.75, 3.05) is 0 Å². The molecule has 0 saturated carbocycles. The van der Waals surface area contributed by atoms with Crippen molar-refractivity contribution in [2.24, 2.45) is 0 Å². The van der Waals surface area contributed by atoms with Crippen LogP contribution >= 0.6 is 0 Å². The van der Waals surface area contributed by atoms with Crippen LogP contribution in [-0.4, -0.2) is 19.2 Å². The predicted octanol–water partition coefficient (Wildman–Crippen LogP) is 2.00. The van der Waals surface area contributed by atoms with E-state index in [0.717, 1.165) is 24.4 Å². The minimum absolute atomic E-state index is 0.145. The van der Waals surface area contributed by atoms with Crippen LogP contribution < -0.4 is 5.56 Å². The number of rotatable bonds is 3. The van der Waals surface area contributed by atoms with E-state index in [1.165, 1.54) is 5.56 Å². The Kier molecular flexibility index (Phi) is 3.10. The van der Waals surface area contributed by atoms with Gasteiger partial charge in [0.25, 0.3) is 0 Å². The molecule has 0 unspecified atom stereocenters. The minimum Gasteiger partial charge on any atom is -0.280 e. The molecule has 0 aliphatic heterocycles. The van der Waals surface area contributed by atoms with Crippen molar-refractivity contribution in [1.29, 1.82) is 0 Å². The van der Waals surface area contributed by atoms with Crippen molar-refractivity contribution in [2.45, 2.75) is 26.7 Å². The summed E-state index contributed by atoms with van der Waals surface area (Å²) in [5.41, 5.74) is 2.28. The summed E-state index contributed by atoms with van der Waals surface area (Å²) < 4.78 is 3.37. The van der Waals surface area contributed by atoms with E-state index in [1.54, 1.807) is 15.2 Å². The molecule has 102 valence electrons. The number of aromatic nitrogens is 4. The summed E-state index contributed by atoms with van der Waals surface area (Å²) in [5.74, 6) is 0.798. The van der Waals surface area contributed by atoms with Crippen molar-refractivity contribution >= 4 is 5.65 Å². The quantitative estimate of drug-likeness (QED) is 0.730. The zero-order valence-electron chi connectivity index (χ0n) is 11.6. The maximum Gasteiger partial charge on any atom is 0.300 e.